The summed E-state index contributed by atoms with van der Waals surface area (Å²) in [7, 11) is 0. The van der Waals surface area contributed by atoms with Crippen LogP contribution in [0.15, 0.2) is 27.5 Å². The second-order valence-corrected chi connectivity index (χ2v) is 5.34. The van der Waals surface area contributed by atoms with E-state index in [1.165, 1.54) is 24.8 Å². The molecule has 85 valence electrons. The van der Waals surface area contributed by atoms with Crippen molar-refractivity contribution in [3.05, 3.63) is 38.7 Å². The predicted octanol–water partition coefficient (Wildman–Crippen LogP) is -2.13. The van der Waals surface area contributed by atoms with E-state index in [1.807, 2.05) is 0 Å². The molecule has 3 heteroatoms. The van der Waals surface area contributed by atoms with Crippen LogP contribution in [0.25, 0.3) is 6.08 Å². The van der Waals surface area contributed by atoms with Crippen molar-refractivity contribution in [3.63, 3.8) is 0 Å². The van der Waals surface area contributed by atoms with Gasteiger partial charge in [-0.3, -0.25) is 0 Å². The zero-order chi connectivity index (χ0) is 9.97. The van der Waals surface area contributed by atoms with Crippen molar-refractivity contribution < 1.29 is 49.5 Å². The van der Waals surface area contributed by atoms with Crippen LogP contribution in [0.2, 0.25) is 0 Å². The van der Waals surface area contributed by atoms with Gasteiger partial charge in [-0.2, -0.15) is 0 Å². The van der Waals surface area contributed by atoms with Crippen molar-refractivity contribution in [1.82, 2.24) is 0 Å². The van der Waals surface area contributed by atoms with Gasteiger partial charge in [-0.1, -0.05) is 0 Å². The summed E-state index contributed by atoms with van der Waals surface area (Å²) < 4.78 is 1.63. The Balaban J connectivity index is 0.00000112. The van der Waals surface area contributed by atoms with E-state index in [0.29, 0.717) is 0 Å². The molecule has 0 bridgehead atoms. The molecule has 2 rings (SSSR count). The molecule has 0 saturated carbocycles. The van der Waals surface area contributed by atoms with Crippen molar-refractivity contribution in [2.24, 2.45) is 0 Å². The number of unbranched alkanes of at least 4 members (excludes halogenated alkanes) is 1. The minimum atomic E-state index is 0. The van der Waals surface area contributed by atoms with Crippen molar-refractivity contribution in [3.8, 4) is 0 Å². The molecular weight excluding hydrogens is 318 g/mol. The molecule has 1 unspecified atom stereocenters. The van der Waals surface area contributed by atoms with Gasteiger partial charge in [0.25, 0.3) is 0 Å². The van der Waals surface area contributed by atoms with E-state index in [4.69, 9.17) is 0 Å². The van der Waals surface area contributed by atoms with Gasteiger partial charge in [0.15, 0.2) is 0 Å². The van der Waals surface area contributed by atoms with E-state index < -0.39 is 0 Å². The molecule has 0 radical (unpaired) electrons. The first kappa shape index (κ1) is 16.4. The minimum Gasteiger partial charge on any atom is -1.00 e. The maximum atomic E-state index is 2.38. The summed E-state index contributed by atoms with van der Waals surface area (Å²) in [4.78, 5) is 0. The molecule has 16 heavy (non-hydrogen) atoms. The van der Waals surface area contributed by atoms with Crippen LogP contribution in [-0.2, 0) is 24.7 Å². The van der Waals surface area contributed by atoms with Gasteiger partial charge in [0.1, 0.15) is 0 Å². The standard InChI is InChI=1S/C13H15.2ClH.Zr/c1-2-3-6-11-9-10-12-7-4-5-8-13(11)12;;;/h4-5,7-8,10-11H,2-3,6H2,1H3;2*1H;/q;;;+2/p-2. The number of halogens is 2. The fourth-order valence-electron chi connectivity index (χ4n) is 2.11. The third-order valence-corrected chi connectivity index (χ3v) is 4.12. The molecule has 0 spiro atoms. The zero-order valence-corrected chi connectivity index (χ0v) is 13.3. The number of rotatable bonds is 3. The molecule has 1 atom stereocenters. The normalized spacial score (nSPS) is 16.9. The summed E-state index contributed by atoms with van der Waals surface area (Å²) in [6.45, 7) is 2.27. The smallest absolute Gasteiger partial charge is 1.00 e. The van der Waals surface area contributed by atoms with Crippen LogP contribution < -0.4 is 24.8 Å². The van der Waals surface area contributed by atoms with E-state index in [1.54, 1.807) is 33.6 Å². The molecular formula is C13H15Cl2Zr. The quantitative estimate of drug-likeness (QED) is 0.593. The van der Waals surface area contributed by atoms with Gasteiger partial charge in [0, 0.05) is 0 Å². The fraction of sp³-hybridized carbons (Fsp3) is 0.385. The minimum absolute atomic E-state index is 0. The fourth-order valence-corrected chi connectivity index (χ4v) is 3.23. The van der Waals surface area contributed by atoms with Gasteiger partial charge in [-0.25, -0.2) is 0 Å². The second-order valence-electron chi connectivity index (χ2n) is 3.92. The van der Waals surface area contributed by atoms with Gasteiger partial charge in [-0.15, -0.1) is 0 Å². The Kier molecular flexibility index (Phi) is 7.90. The van der Waals surface area contributed by atoms with Crippen LogP contribution in [-0.4, -0.2) is 0 Å². The van der Waals surface area contributed by atoms with E-state index in [9.17, 15) is 0 Å². The first-order chi connectivity index (χ1) is 6.83. The Morgan fingerprint density at radius 3 is 2.56 bits per heavy atom. The molecule has 1 aliphatic rings. The molecule has 0 N–H and O–H groups in total. The molecule has 0 fully saturated rings. The van der Waals surface area contributed by atoms with Gasteiger partial charge in [-0.05, 0) is 0 Å². The van der Waals surface area contributed by atoms with E-state index >= 15 is 0 Å². The molecule has 0 heterocycles. The first-order valence-corrected chi connectivity index (χ1v) is 6.58. The predicted molar refractivity (Wildman–Crippen MR) is 56.7 cm³/mol. The van der Waals surface area contributed by atoms with E-state index in [0.717, 1.165) is 5.92 Å². The van der Waals surface area contributed by atoms with Crippen LogP contribution in [0.1, 0.15) is 43.2 Å². The Hall–Kier alpha value is 0.423. The van der Waals surface area contributed by atoms with Crippen molar-refractivity contribution in [2.75, 3.05) is 0 Å². The molecule has 0 saturated heterocycles. The van der Waals surface area contributed by atoms with Crippen LogP contribution in [0.3, 0.4) is 0 Å². The summed E-state index contributed by atoms with van der Waals surface area (Å²) in [5, 5.41) is 0. The molecule has 1 aromatic carbocycles. The summed E-state index contributed by atoms with van der Waals surface area (Å²) >= 11 is 1.59. The topological polar surface area (TPSA) is 0 Å². The second kappa shape index (κ2) is 7.69. The molecule has 0 amide bonds. The Morgan fingerprint density at radius 1 is 1.19 bits per heavy atom. The third kappa shape index (κ3) is 3.46. The molecule has 0 nitrogen and oxygen atoms in total. The average Bonchev–Trinajstić information content (AvgIpc) is 2.51. The van der Waals surface area contributed by atoms with E-state index in [2.05, 4.69) is 37.3 Å². The Labute approximate surface area is 126 Å². The summed E-state index contributed by atoms with van der Waals surface area (Å²) in [6.07, 6.45) is 6.38. The van der Waals surface area contributed by atoms with Gasteiger partial charge < -0.3 is 24.8 Å². The van der Waals surface area contributed by atoms with Crippen LogP contribution in [0, 0.1) is 0 Å². The Bertz CT molecular complexity index is 361. The average molecular weight is 333 g/mol. The molecule has 1 aromatic rings. The number of fused-ring (bicyclic) bond motifs is 1. The van der Waals surface area contributed by atoms with Crippen molar-refractivity contribution in [1.29, 1.82) is 0 Å². The summed E-state index contributed by atoms with van der Waals surface area (Å²) in [5.74, 6) is 0.740. The molecule has 0 aromatic heterocycles. The first-order valence-electron chi connectivity index (χ1n) is 5.35. The van der Waals surface area contributed by atoms with Crippen LogP contribution in [0.5, 0.6) is 0 Å². The van der Waals surface area contributed by atoms with Gasteiger partial charge in [0.05, 0.1) is 0 Å². The van der Waals surface area contributed by atoms with Crippen molar-refractivity contribution in [2.45, 2.75) is 32.1 Å². The molecule has 0 aliphatic heterocycles. The number of benzene rings is 1. The van der Waals surface area contributed by atoms with Gasteiger partial charge >= 0.3 is 102 Å². The van der Waals surface area contributed by atoms with Crippen molar-refractivity contribution >= 4 is 6.08 Å². The maximum absolute atomic E-state index is 2.38. The Morgan fingerprint density at radius 2 is 1.88 bits per heavy atom. The third-order valence-electron chi connectivity index (χ3n) is 2.90. The maximum Gasteiger partial charge on any atom is -1.00 e. The molecule has 1 aliphatic carbocycles. The van der Waals surface area contributed by atoms with Crippen LogP contribution >= 0.6 is 0 Å². The number of hydrogen-bond donors (Lipinski definition) is 0. The van der Waals surface area contributed by atoms with E-state index in [-0.39, 0.29) is 24.8 Å². The monoisotopic (exact) mass is 331 g/mol. The van der Waals surface area contributed by atoms with Crippen LogP contribution in [0.4, 0.5) is 0 Å². The summed E-state index contributed by atoms with van der Waals surface area (Å²) in [6, 6.07) is 8.84. The summed E-state index contributed by atoms with van der Waals surface area (Å²) in [5.41, 5.74) is 3.02. The zero-order valence-electron chi connectivity index (χ0n) is 9.34. The largest absolute Gasteiger partial charge is 1.00 e. The SMILES string of the molecule is CCCCC1[C]([Zr+2])=Cc2ccccc21.[Cl-].[Cl-]. The number of hydrogen-bond acceptors (Lipinski definition) is 0. The van der Waals surface area contributed by atoms with Gasteiger partial charge in [0.2, 0.25) is 0 Å². The number of allylic oxidation sites excluding steroid dienone is 1.